The second kappa shape index (κ2) is 5.98. The number of aromatic nitrogens is 2. The third-order valence-corrected chi connectivity index (χ3v) is 4.05. The van der Waals surface area contributed by atoms with Gasteiger partial charge in [-0.1, -0.05) is 11.3 Å². The lowest BCUT2D eigenvalue weighted by molar-refractivity contribution is 0.0958. The molecule has 0 fully saturated rings. The number of anilines is 1. The summed E-state index contributed by atoms with van der Waals surface area (Å²) in [6, 6.07) is 9.01. The number of hydrogen-bond donors (Lipinski definition) is 2. The molecule has 22 heavy (non-hydrogen) atoms. The van der Waals surface area contributed by atoms with E-state index in [9.17, 15) is 4.79 Å². The molecule has 2 N–H and O–H groups in total. The first-order chi connectivity index (χ1) is 10.7. The molecule has 1 aromatic carbocycles. The number of thiazole rings is 1. The van der Waals surface area contributed by atoms with Crippen molar-refractivity contribution in [3.05, 3.63) is 42.2 Å². The van der Waals surface area contributed by atoms with E-state index in [0.29, 0.717) is 17.2 Å². The largest absolute Gasteiger partial charge is 0.457 e. The number of nitrogens with one attached hydrogen (secondary N) is 2. The Balaban J connectivity index is 1.87. The highest BCUT2D eigenvalue weighted by Gasteiger charge is 2.08. The molecule has 3 aromatic rings. The van der Waals surface area contributed by atoms with Crippen LogP contribution in [0, 0.1) is 0 Å². The molecule has 1 amide bonds. The number of rotatable bonds is 4. The van der Waals surface area contributed by atoms with Gasteiger partial charge in [0.25, 0.3) is 5.91 Å². The minimum absolute atomic E-state index is 0.251. The molecule has 2 aromatic heterocycles. The minimum atomic E-state index is -0.251. The summed E-state index contributed by atoms with van der Waals surface area (Å²) in [7, 11) is 3.40. The van der Waals surface area contributed by atoms with E-state index < -0.39 is 0 Å². The van der Waals surface area contributed by atoms with E-state index in [1.165, 1.54) is 0 Å². The number of fused-ring (bicyclic) bond motifs is 1. The van der Waals surface area contributed by atoms with Crippen LogP contribution in [0.4, 0.5) is 5.13 Å². The van der Waals surface area contributed by atoms with Crippen molar-refractivity contribution in [3.8, 4) is 11.5 Å². The van der Waals surface area contributed by atoms with Crippen molar-refractivity contribution < 1.29 is 9.53 Å². The van der Waals surface area contributed by atoms with Crippen LogP contribution in [-0.4, -0.2) is 30.0 Å². The number of pyridine rings is 1. The smallest absolute Gasteiger partial charge is 0.269 e. The summed E-state index contributed by atoms with van der Waals surface area (Å²) in [6.45, 7) is 0. The second-order valence-electron chi connectivity index (χ2n) is 4.46. The van der Waals surface area contributed by atoms with Crippen LogP contribution in [0.5, 0.6) is 11.5 Å². The van der Waals surface area contributed by atoms with Gasteiger partial charge in [0.2, 0.25) is 0 Å². The van der Waals surface area contributed by atoms with Gasteiger partial charge >= 0.3 is 0 Å². The molecule has 0 aliphatic rings. The van der Waals surface area contributed by atoms with E-state index in [0.717, 1.165) is 15.3 Å². The molecule has 2 heterocycles. The van der Waals surface area contributed by atoms with Crippen molar-refractivity contribution >= 4 is 32.6 Å². The summed E-state index contributed by atoms with van der Waals surface area (Å²) >= 11 is 1.58. The Morgan fingerprint density at radius 3 is 2.77 bits per heavy atom. The van der Waals surface area contributed by atoms with Gasteiger partial charge in [0.05, 0.1) is 10.2 Å². The van der Waals surface area contributed by atoms with Gasteiger partial charge in [-0.3, -0.25) is 9.78 Å². The van der Waals surface area contributed by atoms with Crippen LogP contribution in [0.2, 0.25) is 0 Å². The van der Waals surface area contributed by atoms with Crippen molar-refractivity contribution in [1.82, 2.24) is 15.3 Å². The number of nitrogens with zero attached hydrogens (tertiary/aromatic N) is 2. The zero-order chi connectivity index (χ0) is 15.5. The first-order valence-corrected chi connectivity index (χ1v) is 7.45. The molecule has 0 aliphatic carbocycles. The average molecular weight is 314 g/mol. The fraction of sp³-hybridized carbons (Fsp3) is 0.133. The van der Waals surface area contributed by atoms with E-state index in [-0.39, 0.29) is 5.91 Å². The molecule has 0 aliphatic heterocycles. The maximum absolute atomic E-state index is 11.6. The van der Waals surface area contributed by atoms with Crippen molar-refractivity contribution in [2.75, 3.05) is 19.4 Å². The van der Waals surface area contributed by atoms with Gasteiger partial charge in [0.15, 0.2) is 5.13 Å². The van der Waals surface area contributed by atoms with E-state index in [4.69, 9.17) is 4.74 Å². The summed E-state index contributed by atoms with van der Waals surface area (Å²) in [5, 5.41) is 6.42. The molecule has 0 atom stereocenters. The van der Waals surface area contributed by atoms with Crippen molar-refractivity contribution in [1.29, 1.82) is 0 Å². The molecule has 0 saturated carbocycles. The molecule has 7 heteroatoms. The van der Waals surface area contributed by atoms with Gasteiger partial charge in [-0.05, 0) is 18.2 Å². The van der Waals surface area contributed by atoms with Gasteiger partial charge in [0.1, 0.15) is 17.2 Å². The normalized spacial score (nSPS) is 10.5. The Morgan fingerprint density at radius 2 is 2.00 bits per heavy atom. The molecule has 0 spiro atoms. The number of carbonyl (C=O) groups is 1. The number of carbonyl (C=O) groups excluding carboxylic acids is 1. The molecular weight excluding hydrogens is 300 g/mol. The number of hydrogen-bond acceptors (Lipinski definition) is 6. The van der Waals surface area contributed by atoms with Crippen LogP contribution < -0.4 is 15.4 Å². The van der Waals surface area contributed by atoms with Gasteiger partial charge in [0, 0.05) is 32.4 Å². The Morgan fingerprint density at radius 1 is 1.18 bits per heavy atom. The summed E-state index contributed by atoms with van der Waals surface area (Å²) in [6.07, 6.45) is 1.54. The lowest BCUT2D eigenvalue weighted by atomic mass is 10.3. The van der Waals surface area contributed by atoms with Gasteiger partial charge < -0.3 is 15.4 Å². The van der Waals surface area contributed by atoms with E-state index in [2.05, 4.69) is 20.6 Å². The monoisotopic (exact) mass is 314 g/mol. The first-order valence-electron chi connectivity index (χ1n) is 6.64. The zero-order valence-corrected chi connectivity index (χ0v) is 12.9. The van der Waals surface area contributed by atoms with Gasteiger partial charge in [-0.2, -0.15) is 0 Å². The van der Waals surface area contributed by atoms with Gasteiger partial charge in [-0.15, -0.1) is 0 Å². The lowest BCUT2D eigenvalue weighted by Gasteiger charge is -2.06. The van der Waals surface area contributed by atoms with Crippen LogP contribution in [0.15, 0.2) is 36.5 Å². The Hall–Kier alpha value is -2.67. The van der Waals surface area contributed by atoms with E-state index in [1.807, 2.05) is 25.2 Å². The highest BCUT2D eigenvalue weighted by atomic mass is 32.1. The predicted molar refractivity (Wildman–Crippen MR) is 86.9 cm³/mol. The molecule has 0 radical (unpaired) electrons. The van der Waals surface area contributed by atoms with E-state index in [1.54, 1.807) is 36.7 Å². The maximum atomic E-state index is 11.6. The molecule has 0 bridgehead atoms. The molecular formula is C15H14N4O2S. The molecule has 3 rings (SSSR count). The van der Waals surface area contributed by atoms with Gasteiger partial charge in [-0.25, -0.2) is 4.98 Å². The SMILES string of the molecule is CNC(=O)c1cc(Oc2ccc3sc(NC)nc3c2)ccn1. The standard InChI is InChI=1S/C15H14N4O2S/c1-16-14(20)12-8-10(5-6-18-12)21-9-3-4-13-11(7-9)19-15(17-2)22-13/h3-8H,1-2H3,(H,16,20)(H,17,19). The number of benzene rings is 1. The van der Waals surface area contributed by atoms with Crippen LogP contribution in [0.25, 0.3) is 10.2 Å². The Kier molecular flexibility index (Phi) is 3.88. The van der Waals surface area contributed by atoms with Crippen molar-refractivity contribution in [3.63, 3.8) is 0 Å². The second-order valence-corrected chi connectivity index (χ2v) is 5.49. The quantitative estimate of drug-likeness (QED) is 0.774. The highest BCUT2D eigenvalue weighted by Crippen LogP contribution is 2.30. The van der Waals surface area contributed by atoms with Crippen LogP contribution in [-0.2, 0) is 0 Å². The minimum Gasteiger partial charge on any atom is -0.457 e. The van der Waals surface area contributed by atoms with Crippen molar-refractivity contribution in [2.24, 2.45) is 0 Å². The lowest BCUT2D eigenvalue weighted by Crippen LogP contribution is -2.18. The summed E-state index contributed by atoms with van der Waals surface area (Å²) in [5.41, 5.74) is 1.18. The van der Waals surface area contributed by atoms with Crippen LogP contribution >= 0.6 is 11.3 Å². The third kappa shape index (κ3) is 2.84. The number of ether oxygens (including phenoxy) is 1. The molecule has 0 saturated heterocycles. The Bertz CT molecular complexity index is 831. The average Bonchev–Trinajstić information content (AvgIpc) is 2.96. The summed E-state index contributed by atoms with van der Waals surface area (Å²) in [4.78, 5) is 20.0. The topological polar surface area (TPSA) is 76.1 Å². The fourth-order valence-electron chi connectivity index (χ4n) is 1.94. The number of amides is 1. The maximum Gasteiger partial charge on any atom is 0.269 e. The third-order valence-electron chi connectivity index (χ3n) is 3.00. The molecule has 0 unspecified atom stereocenters. The molecule has 112 valence electrons. The highest BCUT2D eigenvalue weighted by molar-refractivity contribution is 7.22. The van der Waals surface area contributed by atoms with Crippen molar-refractivity contribution in [2.45, 2.75) is 0 Å². The Labute approximate surface area is 131 Å². The summed E-state index contributed by atoms with van der Waals surface area (Å²) in [5.74, 6) is 0.964. The van der Waals surface area contributed by atoms with Crippen LogP contribution in [0.3, 0.4) is 0 Å². The van der Waals surface area contributed by atoms with E-state index >= 15 is 0 Å². The summed E-state index contributed by atoms with van der Waals surface area (Å²) < 4.78 is 6.87. The first kappa shape index (κ1) is 14.3. The van der Waals surface area contributed by atoms with Crippen LogP contribution in [0.1, 0.15) is 10.5 Å². The predicted octanol–water partition coefficient (Wildman–Crippen LogP) is 2.88. The fourth-order valence-corrected chi connectivity index (χ4v) is 2.74. The zero-order valence-electron chi connectivity index (χ0n) is 12.1. The molecule has 6 nitrogen and oxygen atoms in total.